The Hall–Kier alpha value is -2.21. The van der Waals surface area contributed by atoms with Crippen LogP contribution in [0.5, 0.6) is 0 Å². The van der Waals surface area contributed by atoms with Gasteiger partial charge in [0.25, 0.3) is 5.91 Å². The standard InChI is InChI=1S/C15H16N2O3S/c1-2-6-14(19)20-9-13(18)17-15-16-12(10-21-15)11-7-4-3-5-8-11/h3-5,7-8,10H,2,6,9H2,1H3,(H,16,17,18). The predicted molar refractivity (Wildman–Crippen MR) is 82.0 cm³/mol. The van der Waals surface area contributed by atoms with Gasteiger partial charge in [0, 0.05) is 17.4 Å². The van der Waals surface area contributed by atoms with Crippen molar-refractivity contribution in [1.82, 2.24) is 4.98 Å². The van der Waals surface area contributed by atoms with Crippen molar-refractivity contribution in [3.63, 3.8) is 0 Å². The number of rotatable bonds is 6. The van der Waals surface area contributed by atoms with Crippen LogP contribution in [0, 0.1) is 0 Å². The molecule has 0 aliphatic heterocycles. The first-order valence-corrected chi connectivity index (χ1v) is 7.53. The molecule has 0 saturated heterocycles. The lowest BCUT2D eigenvalue weighted by atomic mass is 10.2. The average Bonchev–Trinajstić information content (AvgIpc) is 2.95. The molecule has 0 bridgehead atoms. The van der Waals surface area contributed by atoms with Crippen molar-refractivity contribution < 1.29 is 14.3 Å². The van der Waals surface area contributed by atoms with Gasteiger partial charge >= 0.3 is 5.97 Å². The van der Waals surface area contributed by atoms with Gasteiger partial charge in [-0.15, -0.1) is 11.3 Å². The van der Waals surface area contributed by atoms with E-state index in [2.05, 4.69) is 10.3 Å². The predicted octanol–water partition coefficient (Wildman–Crippen LogP) is 3.09. The number of hydrogen-bond acceptors (Lipinski definition) is 5. The van der Waals surface area contributed by atoms with Crippen LogP contribution in [0.15, 0.2) is 35.7 Å². The highest BCUT2D eigenvalue weighted by Crippen LogP contribution is 2.24. The number of nitrogens with zero attached hydrogens (tertiary/aromatic N) is 1. The van der Waals surface area contributed by atoms with Gasteiger partial charge in [-0.05, 0) is 6.42 Å². The molecule has 0 atom stereocenters. The Morgan fingerprint density at radius 2 is 2.05 bits per heavy atom. The zero-order valence-corrected chi connectivity index (χ0v) is 12.5. The van der Waals surface area contributed by atoms with Crippen molar-refractivity contribution in [2.24, 2.45) is 0 Å². The second-order valence-electron chi connectivity index (χ2n) is 4.36. The Bertz CT molecular complexity index is 610. The Balaban J connectivity index is 1.88. The summed E-state index contributed by atoms with van der Waals surface area (Å²) in [5.74, 6) is -0.745. The lowest BCUT2D eigenvalue weighted by molar-refractivity contribution is -0.147. The van der Waals surface area contributed by atoms with Crippen LogP contribution < -0.4 is 5.32 Å². The molecular formula is C15H16N2O3S. The molecule has 0 saturated carbocycles. The second-order valence-corrected chi connectivity index (χ2v) is 5.22. The minimum Gasteiger partial charge on any atom is -0.456 e. The van der Waals surface area contributed by atoms with Crippen molar-refractivity contribution in [2.75, 3.05) is 11.9 Å². The maximum Gasteiger partial charge on any atom is 0.306 e. The summed E-state index contributed by atoms with van der Waals surface area (Å²) in [5, 5.41) is 4.98. The molecule has 5 nitrogen and oxygen atoms in total. The van der Waals surface area contributed by atoms with Crippen LogP contribution in [-0.4, -0.2) is 23.5 Å². The maximum atomic E-state index is 11.6. The molecule has 2 rings (SSSR count). The molecule has 1 N–H and O–H groups in total. The fourth-order valence-electron chi connectivity index (χ4n) is 1.65. The number of carbonyl (C=O) groups is 2. The SMILES string of the molecule is CCCC(=O)OCC(=O)Nc1nc(-c2ccccc2)cs1. The molecule has 1 aromatic heterocycles. The number of benzene rings is 1. The summed E-state index contributed by atoms with van der Waals surface area (Å²) in [6.45, 7) is 1.60. The third kappa shape index (κ3) is 4.68. The van der Waals surface area contributed by atoms with Crippen molar-refractivity contribution in [1.29, 1.82) is 0 Å². The first-order chi connectivity index (χ1) is 10.2. The number of anilines is 1. The Morgan fingerprint density at radius 1 is 1.29 bits per heavy atom. The van der Waals surface area contributed by atoms with E-state index >= 15 is 0 Å². The number of carbonyl (C=O) groups excluding carboxylic acids is 2. The summed E-state index contributed by atoms with van der Waals surface area (Å²) in [4.78, 5) is 27.1. The quantitative estimate of drug-likeness (QED) is 0.833. The van der Waals surface area contributed by atoms with Gasteiger partial charge in [0.05, 0.1) is 5.69 Å². The van der Waals surface area contributed by atoms with E-state index in [4.69, 9.17) is 4.74 Å². The first-order valence-electron chi connectivity index (χ1n) is 6.65. The van der Waals surface area contributed by atoms with Crippen molar-refractivity contribution in [3.05, 3.63) is 35.7 Å². The van der Waals surface area contributed by atoms with E-state index in [1.54, 1.807) is 0 Å². The van der Waals surface area contributed by atoms with E-state index in [1.807, 2.05) is 42.6 Å². The highest BCUT2D eigenvalue weighted by molar-refractivity contribution is 7.14. The number of hydrogen-bond donors (Lipinski definition) is 1. The average molecular weight is 304 g/mol. The molecule has 0 aliphatic carbocycles. The maximum absolute atomic E-state index is 11.6. The minimum absolute atomic E-state index is 0.279. The van der Waals surface area contributed by atoms with Gasteiger partial charge in [0.2, 0.25) is 0 Å². The Labute approximate surface area is 127 Å². The fraction of sp³-hybridized carbons (Fsp3) is 0.267. The van der Waals surface area contributed by atoms with Gasteiger partial charge in [0.15, 0.2) is 11.7 Å². The van der Waals surface area contributed by atoms with Crippen LogP contribution in [0.25, 0.3) is 11.3 Å². The molecule has 1 heterocycles. The number of amides is 1. The van der Waals surface area contributed by atoms with E-state index in [-0.39, 0.29) is 18.5 Å². The van der Waals surface area contributed by atoms with Gasteiger partial charge < -0.3 is 4.74 Å². The van der Waals surface area contributed by atoms with Crippen LogP contribution in [0.2, 0.25) is 0 Å². The fourth-order valence-corrected chi connectivity index (χ4v) is 2.39. The van der Waals surface area contributed by atoms with Crippen molar-refractivity contribution in [3.8, 4) is 11.3 Å². The normalized spacial score (nSPS) is 10.1. The molecule has 1 aromatic carbocycles. The lowest BCUT2D eigenvalue weighted by Crippen LogP contribution is -2.20. The summed E-state index contributed by atoms with van der Waals surface area (Å²) in [7, 11) is 0. The first kappa shape index (κ1) is 15.2. The number of thiazole rings is 1. The molecule has 0 radical (unpaired) electrons. The summed E-state index contributed by atoms with van der Waals surface area (Å²) in [6, 6.07) is 9.70. The molecule has 0 unspecified atom stereocenters. The lowest BCUT2D eigenvalue weighted by Gasteiger charge is -2.03. The van der Waals surface area contributed by atoms with Crippen molar-refractivity contribution in [2.45, 2.75) is 19.8 Å². The molecule has 6 heteroatoms. The van der Waals surface area contributed by atoms with Crippen molar-refractivity contribution >= 4 is 28.3 Å². The van der Waals surface area contributed by atoms with E-state index in [0.717, 1.165) is 11.3 Å². The number of aromatic nitrogens is 1. The highest BCUT2D eigenvalue weighted by Gasteiger charge is 2.10. The molecule has 1 amide bonds. The molecule has 21 heavy (non-hydrogen) atoms. The van der Waals surface area contributed by atoms with E-state index in [0.29, 0.717) is 18.0 Å². The third-order valence-electron chi connectivity index (χ3n) is 2.64. The van der Waals surface area contributed by atoms with Crippen LogP contribution >= 0.6 is 11.3 Å². The van der Waals surface area contributed by atoms with E-state index in [9.17, 15) is 9.59 Å². The zero-order valence-electron chi connectivity index (χ0n) is 11.7. The summed E-state index contributed by atoms with van der Waals surface area (Å²) in [6.07, 6.45) is 1.02. The topological polar surface area (TPSA) is 68.3 Å². The van der Waals surface area contributed by atoms with Crippen LogP contribution in [0.4, 0.5) is 5.13 Å². The molecule has 0 aliphatic rings. The van der Waals surface area contributed by atoms with Gasteiger partial charge in [-0.2, -0.15) is 0 Å². The van der Waals surface area contributed by atoms with Crippen LogP contribution in [-0.2, 0) is 14.3 Å². The van der Waals surface area contributed by atoms with Gasteiger partial charge in [-0.3, -0.25) is 14.9 Å². The Morgan fingerprint density at radius 3 is 2.76 bits per heavy atom. The Kier molecular flexibility index (Phi) is 5.45. The summed E-state index contributed by atoms with van der Waals surface area (Å²) < 4.78 is 4.83. The van der Waals surface area contributed by atoms with Gasteiger partial charge in [0.1, 0.15) is 0 Å². The smallest absolute Gasteiger partial charge is 0.306 e. The molecule has 110 valence electrons. The van der Waals surface area contributed by atoms with E-state index < -0.39 is 0 Å². The zero-order chi connectivity index (χ0) is 15.1. The third-order valence-corrected chi connectivity index (χ3v) is 3.40. The van der Waals surface area contributed by atoms with Crippen LogP contribution in [0.3, 0.4) is 0 Å². The van der Waals surface area contributed by atoms with Crippen LogP contribution in [0.1, 0.15) is 19.8 Å². The number of nitrogens with one attached hydrogen (secondary N) is 1. The molecule has 2 aromatic rings. The number of ether oxygens (including phenoxy) is 1. The minimum atomic E-state index is -0.381. The second kappa shape index (κ2) is 7.54. The highest BCUT2D eigenvalue weighted by atomic mass is 32.1. The molecule has 0 spiro atoms. The summed E-state index contributed by atoms with van der Waals surface area (Å²) >= 11 is 1.33. The summed E-state index contributed by atoms with van der Waals surface area (Å²) in [5.41, 5.74) is 1.79. The van der Waals surface area contributed by atoms with Gasteiger partial charge in [-0.1, -0.05) is 37.3 Å². The van der Waals surface area contributed by atoms with Gasteiger partial charge in [-0.25, -0.2) is 4.98 Å². The number of esters is 1. The largest absolute Gasteiger partial charge is 0.456 e. The molecular weight excluding hydrogens is 288 g/mol. The van der Waals surface area contributed by atoms with E-state index in [1.165, 1.54) is 11.3 Å². The monoisotopic (exact) mass is 304 g/mol. The molecule has 0 fully saturated rings.